The minimum atomic E-state index is -1.01. The Bertz CT molecular complexity index is 854. The summed E-state index contributed by atoms with van der Waals surface area (Å²) in [4.78, 5) is 36.1. The Morgan fingerprint density at radius 3 is 2.23 bits per heavy atom. The molecule has 5 heteroatoms. The predicted molar refractivity (Wildman–Crippen MR) is 112 cm³/mol. The van der Waals surface area contributed by atoms with Gasteiger partial charge in [-0.05, 0) is 62.7 Å². The van der Waals surface area contributed by atoms with Crippen LogP contribution in [-0.2, 0) is 23.9 Å². The highest BCUT2D eigenvalue weighted by molar-refractivity contribution is 5.89. The van der Waals surface area contributed by atoms with E-state index in [4.69, 9.17) is 9.47 Å². The molecular formula is C25H34O5. The summed E-state index contributed by atoms with van der Waals surface area (Å²) in [5.74, 6) is 0.0857. The standard InChI is InChI=1S/C25H34O5/c1-15(26)25(30-17(3)28)13-10-22-20-7-6-18-14-19(29-16(2)27)8-11-23(18,4)21(20)9-12-24(22,25)5/h6-7,19,21-22H,8-14H2,1-5H3. The molecule has 0 bridgehead atoms. The number of allylic oxidation sites excluding steroid dienone is 3. The summed E-state index contributed by atoms with van der Waals surface area (Å²) >= 11 is 0. The molecule has 0 aromatic rings. The lowest BCUT2D eigenvalue weighted by Gasteiger charge is -2.56. The maximum Gasteiger partial charge on any atom is 0.303 e. The molecule has 0 radical (unpaired) electrons. The largest absolute Gasteiger partial charge is 0.462 e. The van der Waals surface area contributed by atoms with E-state index >= 15 is 0 Å². The molecule has 0 aromatic carbocycles. The topological polar surface area (TPSA) is 69.7 Å². The van der Waals surface area contributed by atoms with Crippen LogP contribution in [0.2, 0.25) is 0 Å². The van der Waals surface area contributed by atoms with Gasteiger partial charge in [-0.2, -0.15) is 0 Å². The molecule has 5 nitrogen and oxygen atoms in total. The van der Waals surface area contributed by atoms with Gasteiger partial charge >= 0.3 is 11.9 Å². The number of ketones is 1. The summed E-state index contributed by atoms with van der Waals surface area (Å²) in [5.41, 5.74) is 1.52. The maximum absolute atomic E-state index is 12.8. The molecule has 3 saturated carbocycles. The van der Waals surface area contributed by atoms with Gasteiger partial charge in [-0.15, -0.1) is 0 Å². The van der Waals surface area contributed by atoms with Gasteiger partial charge in [0.1, 0.15) is 6.10 Å². The second kappa shape index (κ2) is 7.06. The van der Waals surface area contributed by atoms with E-state index in [1.165, 1.54) is 25.0 Å². The van der Waals surface area contributed by atoms with Gasteiger partial charge in [0.2, 0.25) is 0 Å². The van der Waals surface area contributed by atoms with Gasteiger partial charge in [-0.25, -0.2) is 0 Å². The monoisotopic (exact) mass is 414 g/mol. The van der Waals surface area contributed by atoms with Crippen molar-refractivity contribution in [2.24, 2.45) is 22.7 Å². The number of hydrogen-bond donors (Lipinski definition) is 0. The Balaban J connectivity index is 1.68. The van der Waals surface area contributed by atoms with Crippen LogP contribution in [-0.4, -0.2) is 29.4 Å². The summed E-state index contributed by atoms with van der Waals surface area (Å²) in [6.07, 6.45) is 10.5. The Morgan fingerprint density at radius 1 is 0.900 bits per heavy atom. The van der Waals surface area contributed by atoms with Crippen molar-refractivity contribution >= 4 is 17.7 Å². The van der Waals surface area contributed by atoms with Crippen molar-refractivity contribution in [3.63, 3.8) is 0 Å². The van der Waals surface area contributed by atoms with Gasteiger partial charge in [0, 0.05) is 25.7 Å². The second-order valence-electron chi connectivity index (χ2n) is 10.3. The first-order chi connectivity index (χ1) is 14.0. The van der Waals surface area contributed by atoms with Crippen LogP contribution in [0.3, 0.4) is 0 Å². The van der Waals surface area contributed by atoms with E-state index in [1.807, 2.05) is 0 Å². The number of carbonyl (C=O) groups is 3. The highest BCUT2D eigenvalue weighted by atomic mass is 16.6. The van der Waals surface area contributed by atoms with Gasteiger partial charge in [0.05, 0.1) is 0 Å². The molecule has 6 unspecified atom stereocenters. The molecule has 0 amide bonds. The van der Waals surface area contributed by atoms with Crippen LogP contribution in [0.5, 0.6) is 0 Å². The van der Waals surface area contributed by atoms with E-state index in [0.717, 1.165) is 38.5 Å². The number of fused-ring (bicyclic) bond motifs is 5. The van der Waals surface area contributed by atoms with Gasteiger partial charge < -0.3 is 9.47 Å². The molecule has 4 aliphatic carbocycles. The van der Waals surface area contributed by atoms with E-state index in [0.29, 0.717) is 12.3 Å². The van der Waals surface area contributed by atoms with Crippen LogP contribution in [0.1, 0.15) is 79.6 Å². The number of rotatable bonds is 3. The lowest BCUT2D eigenvalue weighted by molar-refractivity contribution is -0.181. The Morgan fingerprint density at radius 2 is 1.60 bits per heavy atom. The molecule has 3 fully saturated rings. The second-order valence-corrected chi connectivity index (χ2v) is 10.3. The Kier molecular flexibility index (Phi) is 5.02. The quantitative estimate of drug-likeness (QED) is 0.627. The van der Waals surface area contributed by atoms with E-state index in [9.17, 15) is 14.4 Å². The van der Waals surface area contributed by atoms with Crippen molar-refractivity contribution < 1.29 is 23.9 Å². The average molecular weight is 415 g/mol. The number of esters is 2. The van der Waals surface area contributed by atoms with E-state index in [2.05, 4.69) is 26.0 Å². The first-order valence-corrected chi connectivity index (χ1v) is 11.3. The summed E-state index contributed by atoms with van der Waals surface area (Å²) in [6.45, 7) is 8.99. The van der Waals surface area contributed by atoms with Crippen molar-refractivity contribution in [2.45, 2.75) is 91.3 Å². The SMILES string of the molecule is CC(=O)OC1CCC2(C)C(=CC=C3C2CCC2(C)C3CCC2(OC(C)=O)C(C)=O)C1. The Hall–Kier alpha value is -1.91. The molecule has 4 aliphatic rings. The normalized spacial score (nSPS) is 42.1. The summed E-state index contributed by atoms with van der Waals surface area (Å²) in [5, 5.41) is 0. The van der Waals surface area contributed by atoms with Gasteiger partial charge in [-0.3, -0.25) is 14.4 Å². The molecule has 0 spiro atoms. The van der Waals surface area contributed by atoms with Crippen LogP contribution in [0.25, 0.3) is 0 Å². The molecule has 0 N–H and O–H groups in total. The number of Topliss-reactive ketones (excluding diaryl/α,β-unsaturated/α-hetero) is 1. The summed E-state index contributed by atoms with van der Waals surface area (Å²) in [7, 11) is 0. The van der Waals surface area contributed by atoms with E-state index < -0.39 is 5.60 Å². The number of hydrogen-bond acceptors (Lipinski definition) is 5. The van der Waals surface area contributed by atoms with E-state index in [1.54, 1.807) is 6.92 Å². The minimum Gasteiger partial charge on any atom is -0.462 e. The van der Waals surface area contributed by atoms with Crippen molar-refractivity contribution in [3.8, 4) is 0 Å². The first-order valence-electron chi connectivity index (χ1n) is 11.3. The highest BCUT2D eigenvalue weighted by Gasteiger charge is 2.66. The fraction of sp³-hybridized carbons (Fsp3) is 0.720. The molecule has 6 atom stereocenters. The molecule has 4 rings (SSSR count). The lowest BCUT2D eigenvalue weighted by atomic mass is 9.49. The lowest BCUT2D eigenvalue weighted by Crippen LogP contribution is -2.56. The minimum absolute atomic E-state index is 0.0218. The summed E-state index contributed by atoms with van der Waals surface area (Å²) < 4.78 is 11.3. The zero-order valence-corrected chi connectivity index (χ0v) is 18.9. The van der Waals surface area contributed by atoms with Gasteiger partial charge in [0.15, 0.2) is 11.4 Å². The van der Waals surface area contributed by atoms with Gasteiger partial charge in [-0.1, -0.05) is 37.1 Å². The molecule has 30 heavy (non-hydrogen) atoms. The van der Waals surface area contributed by atoms with Crippen molar-refractivity contribution in [1.82, 2.24) is 0 Å². The molecule has 0 aliphatic heterocycles. The molecule has 164 valence electrons. The molecule has 0 heterocycles. The first kappa shape index (κ1) is 21.3. The van der Waals surface area contributed by atoms with Gasteiger partial charge in [0.25, 0.3) is 0 Å². The molecule has 0 aromatic heterocycles. The number of carbonyl (C=O) groups excluding carboxylic acids is 3. The van der Waals surface area contributed by atoms with Crippen LogP contribution in [0.15, 0.2) is 23.3 Å². The smallest absolute Gasteiger partial charge is 0.303 e. The maximum atomic E-state index is 12.8. The fourth-order valence-electron chi connectivity index (χ4n) is 7.37. The number of ether oxygens (including phenoxy) is 2. The van der Waals surface area contributed by atoms with Crippen molar-refractivity contribution in [2.75, 3.05) is 0 Å². The van der Waals surface area contributed by atoms with Crippen LogP contribution < -0.4 is 0 Å². The summed E-state index contributed by atoms with van der Waals surface area (Å²) in [6, 6.07) is 0. The third-order valence-corrected chi connectivity index (χ3v) is 8.87. The van der Waals surface area contributed by atoms with Crippen LogP contribution in [0, 0.1) is 22.7 Å². The van der Waals surface area contributed by atoms with Crippen LogP contribution in [0.4, 0.5) is 0 Å². The van der Waals surface area contributed by atoms with Crippen molar-refractivity contribution in [1.29, 1.82) is 0 Å². The van der Waals surface area contributed by atoms with E-state index in [-0.39, 0.29) is 40.6 Å². The highest BCUT2D eigenvalue weighted by Crippen LogP contribution is 2.66. The third kappa shape index (κ3) is 2.91. The predicted octanol–water partition coefficient (Wildman–Crippen LogP) is 4.69. The molecular weight excluding hydrogens is 380 g/mol. The Labute approximate surface area is 179 Å². The van der Waals surface area contributed by atoms with Crippen molar-refractivity contribution in [3.05, 3.63) is 23.3 Å². The zero-order chi connectivity index (χ0) is 21.9. The molecule has 0 saturated heterocycles. The zero-order valence-electron chi connectivity index (χ0n) is 18.9. The average Bonchev–Trinajstić information content (AvgIpc) is 2.94. The fourth-order valence-corrected chi connectivity index (χ4v) is 7.37. The van der Waals surface area contributed by atoms with Crippen LogP contribution >= 0.6 is 0 Å². The third-order valence-electron chi connectivity index (χ3n) is 8.87.